The summed E-state index contributed by atoms with van der Waals surface area (Å²) in [7, 11) is 0. The van der Waals surface area contributed by atoms with E-state index in [1.807, 2.05) is 0 Å². The molecule has 2 saturated heterocycles. The van der Waals surface area contributed by atoms with Gasteiger partial charge in [0.1, 0.15) is 0 Å². The zero-order valence-corrected chi connectivity index (χ0v) is 13.8. The van der Waals surface area contributed by atoms with Gasteiger partial charge in [0.15, 0.2) is 4.34 Å². The second-order valence-corrected chi connectivity index (χ2v) is 7.51. The van der Waals surface area contributed by atoms with E-state index in [0.29, 0.717) is 6.10 Å². The molecular formula is C13H22N4O2S2. The molecule has 1 aromatic rings. The fraction of sp³-hybridized carbons (Fsp3) is 0.846. The van der Waals surface area contributed by atoms with Crippen molar-refractivity contribution >= 4 is 28.2 Å². The minimum atomic E-state index is 0.339. The van der Waals surface area contributed by atoms with Crippen molar-refractivity contribution in [2.75, 3.05) is 57.1 Å². The quantitative estimate of drug-likeness (QED) is 0.761. The first kappa shape index (κ1) is 15.5. The highest BCUT2D eigenvalue weighted by atomic mass is 32.2. The van der Waals surface area contributed by atoms with Gasteiger partial charge in [-0.25, -0.2) is 0 Å². The predicted octanol–water partition coefficient (Wildman–Crippen LogP) is 1.55. The Morgan fingerprint density at radius 1 is 1.29 bits per heavy atom. The van der Waals surface area contributed by atoms with Gasteiger partial charge in [-0.3, -0.25) is 4.90 Å². The summed E-state index contributed by atoms with van der Waals surface area (Å²) >= 11 is 3.42. The monoisotopic (exact) mass is 330 g/mol. The SMILES string of the molecule is C1COC(CNc2nnc(SCCN3CCOCC3)s2)C1. The number of morpholine rings is 1. The van der Waals surface area contributed by atoms with Crippen molar-refractivity contribution in [3.05, 3.63) is 0 Å². The second-order valence-electron chi connectivity index (χ2n) is 5.19. The average molecular weight is 330 g/mol. The van der Waals surface area contributed by atoms with Crippen LogP contribution in [0.4, 0.5) is 5.13 Å². The summed E-state index contributed by atoms with van der Waals surface area (Å²) in [4.78, 5) is 2.44. The first-order valence-electron chi connectivity index (χ1n) is 7.52. The molecule has 118 valence electrons. The molecule has 1 atom stereocenters. The number of thioether (sulfide) groups is 1. The number of ether oxygens (including phenoxy) is 2. The molecule has 0 saturated carbocycles. The number of nitrogens with one attached hydrogen (secondary N) is 1. The zero-order valence-electron chi connectivity index (χ0n) is 12.1. The van der Waals surface area contributed by atoms with Gasteiger partial charge in [0.2, 0.25) is 5.13 Å². The molecule has 2 aliphatic rings. The van der Waals surface area contributed by atoms with E-state index in [4.69, 9.17) is 9.47 Å². The van der Waals surface area contributed by atoms with Crippen LogP contribution in [0.1, 0.15) is 12.8 Å². The van der Waals surface area contributed by atoms with Crippen LogP contribution in [0.5, 0.6) is 0 Å². The van der Waals surface area contributed by atoms with Crippen LogP contribution in [0.25, 0.3) is 0 Å². The molecule has 1 N–H and O–H groups in total. The largest absolute Gasteiger partial charge is 0.379 e. The standard InChI is InChI=1S/C13H22N4O2S2/c1-2-11(19-6-1)10-14-12-15-16-13(21-12)20-9-5-17-3-7-18-8-4-17/h11H,1-10H2,(H,14,15). The number of anilines is 1. The lowest BCUT2D eigenvalue weighted by Crippen LogP contribution is -2.37. The van der Waals surface area contributed by atoms with Crippen molar-refractivity contribution < 1.29 is 9.47 Å². The Hall–Kier alpha value is -0.410. The van der Waals surface area contributed by atoms with E-state index >= 15 is 0 Å². The van der Waals surface area contributed by atoms with Gasteiger partial charge in [0, 0.05) is 38.5 Å². The highest BCUT2D eigenvalue weighted by Crippen LogP contribution is 2.25. The van der Waals surface area contributed by atoms with Crippen LogP contribution in [-0.2, 0) is 9.47 Å². The van der Waals surface area contributed by atoms with Gasteiger partial charge in [-0.1, -0.05) is 23.1 Å². The molecular weight excluding hydrogens is 308 g/mol. The van der Waals surface area contributed by atoms with Crippen molar-refractivity contribution in [3.63, 3.8) is 0 Å². The first-order chi connectivity index (χ1) is 10.4. The zero-order chi connectivity index (χ0) is 14.3. The Kier molecular flexibility index (Phi) is 6.11. The van der Waals surface area contributed by atoms with Crippen LogP contribution in [0.2, 0.25) is 0 Å². The molecule has 3 rings (SSSR count). The molecule has 1 aromatic heterocycles. The third-order valence-electron chi connectivity index (χ3n) is 3.65. The number of rotatable bonds is 7. The van der Waals surface area contributed by atoms with Crippen LogP contribution in [0.15, 0.2) is 4.34 Å². The molecule has 0 bridgehead atoms. The average Bonchev–Trinajstić information content (AvgIpc) is 3.18. The molecule has 8 heteroatoms. The molecule has 0 spiro atoms. The molecule has 0 radical (unpaired) electrons. The van der Waals surface area contributed by atoms with Crippen molar-refractivity contribution in [2.24, 2.45) is 0 Å². The third kappa shape index (κ3) is 5.07. The normalized spacial score (nSPS) is 23.5. The Morgan fingerprint density at radius 2 is 2.19 bits per heavy atom. The lowest BCUT2D eigenvalue weighted by atomic mass is 10.2. The Morgan fingerprint density at radius 3 is 3.00 bits per heavy atom. The van der Waals surface area contributed by atoms with Crippen molar-refractivity contribution in [1.29, 1.82) is 0 Å². The highest BCUT2D eigenvalue weighted by molar-refractivity contribution is 8.01. The van der Waals surface area contributed by atoms with Crippen molar-refractivity contribution in [3.8, 4) is 0 Å². The number of nitrogens with zero attached hydrogens (tertiary/aromatic N) is 3. The van der Waals surface area contributed by atoms with E-state index in [2.05, 4.69) is 20.4 Å². The van der Waals surface area contributed by atoms with E-state index in [1.165, 1.54) is 6.42 Å². The predicted molar refractivity (Wildman–Crippen MR) is 85.4 cm³/mol. The van der Waals surface area contributed by atoms with Crippen LogP contribution in [0, 0.1) is 0 Å². The number of hydrogen-bond acceptors (Lipinski definition) is 8. The summed E-state index contributed by atoms with van der Waals surface area (Å²) in [5, 5.41) is 12.6. The first-order valence-corrected chi connectivity index (χ1v) is 9.32. The van der Waals surface area contributed by atoms with Crippen molar-refractivity contribution in [2.45, 2.75) is 23.3 Å². The van der Waals surface area contributed by atoms with E-state index in [-0.39, 0.29) is 0 Å². The topological polar surface area (TPSA) is 59.5 Å². The molecule has 2 aliphatic heterocycles. The molecule has 21 heavy (non-hydrogen) atoms. The molecule has 0 amide bonds. The summed E-state index contributed by atoms with van der Waals surface area (Å²) < 4.78 is 12.0. The van der Waals surface area contributed by atoms with E-state index in [0.717, 1.165) is 67.6 Å². The van der Waals surface area contributed by atoms with Gasteiger partial charge < -0.3 is 14.8 Å². The number of aromatic nitrogens is 2. The Labute approximate surface area is 133 Å². The Balaban J connectivity index is 1.34. The smallest absolute Gasteiger partial charge is 0.206 e. The molecule has 1 unspecified atom stereocenters. The summed E-state index contributed by atoms with van der Waals surface area (Å²) in [6.07, 6.45) is 2.66. The molecule has 0 aromatic carbocycles. The maximum Gasteiger partial charge on any atom is 0.206 e. The molecule has 0 aliphatic carbocycles. The molecule has 6 nitrogen and oxygen atoms in total. The maximum atomic E-state index is 5.59. The fourth-order valence-electron chi connectivity index (χ4n) is 2.43. The van der Waals surface area contributed by atoms with Gasteiger partial charge >= 0.3 is 0 Å². The minimum Gasteiger partial charge on any atom is -0.379 e. The third-order valence-corrected chi connectivity index (χ3v) is 5.64. The van der Waals surface area contributed by atoms with Gasteiger partial charge in [0.05, 0.1) is 19.3 Å². The van der Waals surface area contributed by atoms with Crippen LogP contribution in [-0.4, -0.2) is 73.0 Å². The van der Waals surface area contributed by atoms with E-state index in [1.54, 1.807) is 23.1 Å². The lowest BCUT2D eigenvalue weighted by molar-refractivity contribution is 0.0410. The minimum absolute atomic E-state index is 0.339. The van der Waals surface area contributed by atoms with Gasteiger partial charge in [-0.15, -0.1) is 10.2 Å². The molecule has 2 fully saturated rings. The number of hydrogen-bond donors (Lipinski definition) is 1. The fourth-order valence-corrected chi connectivity index (χ4v) is 4.26. The summed E-state index contributed by atoms with van der Waals surface area (Å²) in [6, 6.07) is 0. The van der Waals surface area contributed by atoms with Crippen molar-refractivity contribution in [1.82, 2.24) is 15.1 Å². The van der Waals surface area contributed by atoms with Crippen LogP contribution in [0.3, 0.4) is 0 Å². The van der Waals surface area contributed by atoms with E-state index < -0.39 is 0 Å². The highest BCUT2D eigenvalue weighted by Gasteiger charge is 2.16. The second kappa shape index (κ2) is 8.28. The summed E-state index contributed by atoms with van der Waals surface area (Å²) in [6.45, 7) is 6.64. The van der Waals surface area contributed by atoms with E-state index in [9.17, 15) is 0 Å². The molecule has 3 heterocycles. The van der Waals surface area contributed by atoms with Crippen LogP contribution < -0.4 is 5.32 Å². The summed E-state index contributed by atoms with van der Waals surface area (Å²) in [5.74, 6) is 1.06. The van der Waals surface area contributed by atoms with Gasteiger partial charge in [-0.2, -0.15) is 0 Å². The Bertz CT molecular complexity index is 420. The van der Waals surface area contributed by atoms with Gasteiger partial charge in [0.25, 0.3) is 0 Å². The van der Waals surface area contributed by atoms with Gasteiger partial charge in [-0.05, 0) is 12.8 Å². The lowest BCUT2D eigenvalue weighted by Gasteiger charge is -2.25. The summed E-state index contributed by atoms with van der Waals surface area (Å²) in [5.41, 5.74) is 0. The maximum absolute atomic E-state index is 5.59. The van der Waals surface area contributed by atoms with Crippen LogP contribution >= 0.6 is 23.1 Å².